The molecule has 2 aromatic rings. The Balaban J connectivity index is 1.75. The first-order valence-electron chi connectivity index (χ1n) is 8.03. The number of carbonyl (C=O) groups excluding carboxylic acids is 1. The smallest absolute Gasteiger partial charge is 0.277 e. The van der Waals surface area contributed by atoms with Crippen LogP contribution in [0.1, 0.15) is 26.2 Å². The molecule has 1 aromatic heterocycles. The quantitative estimate of drug-likeness (QED) is 0.710. The molecule has 7 nitrogen and oxygen atoms in total. The topological polar surface area (TPSA) is 93.4 Å². The van der Waals surface area contributed by atoms with E-state index in [2.05, 4.69) is 10.2 Å². The number of Topliss-reactive ketones (excluding diaryl/α,β-unsaturated/α-hetero) is 1. The number of benzene rings is 1. The molecule has 0 saturated carbocycles. The zero-order valence-corrected chi connectivity index (χ0v) is 15.5. The fourth-order valence-electron chi connectivity index (χ4n) is 2.57. The van der Waals surface area contributed by atoms with Gasteiger partial charge in [0.1, 0.15) is 5.78 Å². The van der Waals surface area contributed by atoms with E-state index in [1.165, 1.54) is 23.0 Å². The standard InChI is InChI=1S/C16H19N3O4S2/c1-12(20)11-24-16-18-17-15(23-16)13-5-7-14(8-6-13)25(21,22)19-9-3-2-4-10-19/h5-8H,2-4,9-11H2,1H3. The minimum absolute atomic E-state index is 0.0250. The molecular formula is C16H19N3O4S2. The summed E-state index contributed by atoms with van der Waals surface area (Å²) in [5, 5.41) is 8.13. The van der Waals surface area contributed by atoms with E-state index in [1.54, 1.807) is 24.3 Å². The summed E-state index contributed by atoms with van der Waals surface area (Å²) >= 11 is 1.18. The lowest BCUT2D eigenvalue weighted by molar-refractivity contribution is -0.114. The summed E-state index contributed by atoms with van der Waals surface area (Å²) in [6.07, 6.45) is 2.88. The van der Waals surface area contributed by atoms with Crippen molar-refractivity contribution < 1.29 is 17.6 Å². The van der Waals surface area contributed by atoms with Gasteiger partial charge in [-0.2, -0.15) is 4.31 Å². The molecule has 134 valence electrons. The first-order chi connectivity index (χ1) is 12.0. The van der Waals surface area contributed by atoms with Crippen LogP contribution >= 0.6 is 11.8 Å². The van der Waals surface area contributed by atoms with Gasteiger partial charge in [0, 0.05) is 18.7 Å². The van der Waals surface area contributed by atoms with Gasteiger partial charge in [-0.25, -0.2) is 8.42 Å². The molecule has 0 unspecified atom stereocenters. The van der Waals surface area contributed by atoms with Crippen LogP contribution < -0.4 is 0 Å². The Morgan fingerprint density at radius 1 is 1.16 bits per heavy atom. The molecule has 0 atom stereocenters. The van der Waals surface area contributed by atoms with Crippen LogP contribution in [-0.4, -0.2) is 47.5 Å². The average molecular weight is 381 g/mol. The Morgan fingerprint density at radius 3 is 2.48 bits per heavy atom. The van der Waals surface area contributed by atoms with Crippen LogP contribution in [0, 0.1) is 0 Å². The van der Waals surface area contributed by atoms with E-state index in [4.69, 9.17) is 4.42 Å². The fourth-order valence-corrected chi connectivity index (χ4v) is 4.65. The van der Waals surface area contributed by atoms with Gasteiger partial charge in [-0.05, 0) is 44.0 Å². The number of hydrogen-bond acceptors (Lipinski definition) is 7. The molecule has 0 aliphatic carbocycles. The Kier molecular flexibility index (Phi) is 5.55. The highest BCUT2D eigenvalue weighted by Gasteiger charge is 2.25. The zero-order valence-electron chi connectivity index (χ0n) is 13.8. The maximum absolute atomic E-state index is 12.6. The van der Waals surface area contributed by atoms with Crippen LogP contribution in [0.5, 0.6) is 0 Å². The van der Waals surface area contributed by atoms with Gasteiger partial charge in [0.2, 0.25) is 15.9 Å². The third-order valence-corrected chi connectivity index (χ3v) is 6.74. The van der Waals surface area contributed by atoms with E-state index in [9.17, 15) is 13.2 Å². The van der Waals surface area contributed by atoms with Gasteiger partial charge in [0.05, 0.1) is 10.6 Å². The largest absolute Gasteiger partial charge is 0.411 e. The van der Waals surface area contributed by atoms with Crippen LogP contribution in [-0.2, 0) is 14.8 Å². The third kappa shape index (κ3) is 4.28. The number of ketones is 1. The highest BCUT2D eigenvalue weighted by atomic mass is 32.2. The van der Waals surface area contributed by atoms with Crippen molar-refractivity contribution >= 4 is 27.6 Å². The van der Waals surface area contributed by atoms with Gasteiger partial charge in [0.25, 0.3) is 5.22 Å². The van der Waals surface area contributed by atoms with E-state index in [1.807, 2.05) is 0 Å². The summed E-state index contributed by atoms with van der Waals surface area (Å²) in [6, 6.07) is 6.44. The van der Waals surface area contributed by atoms with Crippen molar-refractivity contribution in [2.45, 2.75) is 36.3 Å². The summed E-state index contributed by atoms with van der Waals surface area (Å²) in [7, 11) is -3.45. The first kappa shape index (κ1) is 18.1. The van der Waals surface area contributed by atoms with Crippen molar-refractivity contribution in [1.29, 1.82) is 0 Å². The predicted molar refractivity (Wildman–Crippen MR) is 93.7 cm³/mol. The van der Waals surface area contributed by atoms with E-state index >= 15 is 0 Å². The minimum Gasteiger partial charge on any atom is -0.411 e. The average Bonchev–Trinajstić information content (AvgIpc) is 3.10. The molecule has 1 aromatic carbocycles. The normalized spacial score (nSPS) is 16.0. The zero-order chi connectivity index (χ0) is 17.9. The van der Waals surface area contributed by atoms with Crippen molar-refractivity contribution in [3.8, 4) is 11.5 Å². The van der Waals surface area contributed by atoms with E-state index in [-0.39, 0.29) is 16.4 Å². The van der Waals surface area contributed by atoms with Crippen molar-refractivity contribution in [2.75, 3.05) is 18.8 Å². The molecule has 0 radical (unpaired) electrons. The van der Waals surface area contributed by atoms with Gasteiger partial charge < -0.3 is 4.42 Å². The second-order valence-corrected chi connectivity index (χ2v) is 8.72. The van der Waals surface area contributed by atoms with E-state index < -0.39 is 10.0 Å². The molecule has 1 saturated heterocycles. The maximum atomic E-state index is 12.6. The van der Waals surface area contributed by atoms with Crippen molar-refractivity contribution in [3.05, 3.63) is 24.3 Å². The number of nitrogens with zero attached hydrogens (tertiary/aromatic N) is 3. The number of sulfonamides is 1. The minimum atomic E-state index is -3.45. The van der Waals surface area contributed by atoms with Crippen LogP contribution in [0.15, 0.2) is 38.8 Å². The molecule has 0 amide bonds. The third-order valence-electron chi connectivity index (χ3n) is 3.86. The lowest BCUT2D eigenvalue weighted by Crippen LogP contribution is -2.35. The van der Waals surface area contributed by atoms with Crippen LogP contribution in [0.4, 0.5) is 0 Å². The van der Waals surface area contributed by atoms with Crippen LogP contribution in [0.2, 0.25) is 0 Å². The first-order valence-corrected chi connectivity index (χ1v) is 10.5. The lowest BCUT2D eigenvalue weighted by atomic mass is 10.2. The summed E-state index contributed by atoms with van der Waals surface area (Å²) in [5.41, 5.74) is 0.639. The number of carbonyl (C=O) groups is 1. The van der Waals surface area contributed by atoms with Gasteiger partial charge in [0.15, 0.2) is 0 Å². The summed E-state index contributed by atoms with van der Waals surface area (Å²) < 4.78 is 32.3. The Labute approximate surface area is 150 Å². The summed E-state index contributed by atoms with van der Waals surface area (Å²) in [4.78, 5) is 11.3. The summed E-state index contributed by atoms with van der Waals surface area (Å²) in [5.74, 6) is 0.597. The number of thioether (sulfide) groups is 1. The number of piperidine rings is 1. The van der Waals surface area contributed by atoms with Gasteiger partial charge >= 0.3 is 0 Å². The molecule has 2 heterocycles. The highest BCUT2D eigenvalue weighted by molar-refractivity contribution is 7.99. The van der Waals surface area contributed by atoms with Gasteiger partial charge in [-0.15, -0.1) is 10.2 Å². The van der Waals surface area contributed by atoms with E-state index in [0.29, 0.717) is 29.8 Å². The lowest BCUT2D eigenvalue weighted by Gasteiger charge is -2.25. The van der Waals surface area contributed by atoms with Crippen molar-refractivity contribution in [1.82, 2.24) is 14.5 Å². The molecule has 1 aliphatic rings. The fraction of sp³-hybridized carbons (Fsp3) is 0.438. The van der Waals surface area contributed by atoms with Crippen LogP contribution in [0.25, 0.3) is 11.5 Å². The molecule has 25 heavy (non-hydrogen) atoms. The number of hydrogen-bond donors (Lipinski definition) is 0. The Hall–Kier alpha value is -1.71. The molecule has 1 aliphatic heterocycles. The molecule has 0 N–H and O–H groups in total. The van der Waals surface area contributed by atoms with Crippen molar-refractivity contribution in [2.24, 2.45) is 0 Å². The molecular weight excluding hydrogens is 362 g/mol. The predicted octanol–water partition coefficient (Wildman–Crippen LogP) is 2.59. The maximum Gasteiger partial charge on any atom is 0.277 e. The molecule has 0 bridgehead atoms. The monoisotopic (exact) mass is 381 g/mol. The van der Waals surface area contributed by atoms with Crippen molar-refractivity contribution in [3.63, 3.8) is 0 Å². The van der Waals surface area contributed by atoms with E-state index in [0.717, 1.165) is 19.3 Å². The number of rotatable bonds is 6. The van der Waals surface area contributed by atoms with Gasteiger partial charge in [-0.3, -0.25) is 4.79 Å². The van der Waals surface area contributed by atoms with Crippen LogP contribution in [0.3, 0.4) is 0 Å². The second-order valence-electron chi connectivity index (χ2n) is 5.85. The SMILES string of the molecule is CC(=O)CSc1nnc(-c2ccc(S(=O)(=O)N3CCCCC3)cc2)o1. The molecule has 9 heteroatoms. The Morgan fingerprint density at radius 2 is 1.84 bits per heavy atom. The number of aromatic nitrogens is 2. The highest BCUT2D eigenvalue weighted by Crippen LogP contribution is 2.26. The summed E-state index contributed by atoms with van der Waals surface area (Å²) in [6.45, 7) is 2.64. The Bertz CT molecular complexity index is 841. The molecule has 3 rings (SSSR count). The molecule has 0 spiro atoms. The molecule has 1 fully saturated rings. The second kappa shape index (κ2) is 7.67. The van der Waals surface area contributed by atoms with Gasteiger partial charge in [-0.1, -0.05) is 18.2 Å².